The second-order valence-corrected chi connectivity index (χ2v) is 11.0. The van der Waals surface area contributed by atoms with E-state index in [4.69, 9.17) is 28.5 Å². The first-order valence-corrected chi connectivity index (χ1v) is 14.2. The second-order valence-electron chi connectivity index (χ2n) is 10.2. The molecule has 2 fully saturated rings. The van der Waals surface area contributed by atoms with Crippen LogP contribution in [0.25, 0.3) is 0 Å². The average molecular weight is 598 g/mol. The number of halogens is 3. The van der Waals surface area contributed by atoms with E-state index in [1.54, 1.807) is 36.4 Å². The molecule has 2 aliphatic rings. The molecule has 0 aliphatic carbocycles. The minimum Gasteiger partial charge on any atom is -0.353 e. The highest BCUT2D eigenvalue weighted by Crippen LogP contribution is 2.27. The van der Waals surface area contributed by atoms with Crippen molar-refractivity contribution in [3.8, 4) is 6.07 Å². The fourth-order valence-electron chi connectivity index (χ4n) is 5.33. The smallest absolute Gasteiger partial charge is 0.253 e. The highest BCUT2D eigenvalue weighted by atomic mass is 35.5. The Bertz CT molecular complexity index is 1470. The Labute approximate surface area is 249 Å². The van der Waals surface area contributed by atoms with Gasteiger partial charge in [-0.1, -0.05) is 29.3 Å². The van der Waals surface area contributed by atoms with Gasteiger partial charge in [0.1, 0.15) is 11.6 Å². The second kappa shape index (κ2) is 12.9. The lowest BCUT2D eigenvalue weighted by atomic mass is 10.0. The highest BCUT2D eigenvalue weighted by molar-refractivity contribution is 6.33. The average Bonchev–Trinajstić information content (AvgIpc) is 3.00. The molecule has 3 heterocycles. The molecule has 8 nitrogen and oxygen atoms in total. The highest BCUT2D eigenvalue weighted by Gasteiger charge is 2.30. The predicted octanol–water partition coefficient (Wildman–Crippen LogP) is 5.00. The van der Waals surface area contributed by atoms with Crippen LogP contribution in [0.4, 0.5) is 10.2 Å². The Hall–Kier alpha value is -3.71. The van der Waals surface area contributed by atoms with E-state index in [9.17, 15) is 14.0 Å². The van der Waals surface area contributed by atoms with Crippen LogP contribution in [-0.4, -0.2) is 71.9 Å². The third-order valence-electron chi connectivity index (χ3n) is 7.68. The van der Waals surface area contributed by atoms with Gasteiger partial charge in [-0.15, -0.1) is 0 Å². The van der Waals surface area contributed by atoms with Crippen molar-refractivity contribution in [2.45, 2.75) is 25.4 Å². The quantitative estimate of drug-likeness (QED) is 0.430. The third-order valence-corrected chi connectivity index (χ3v) is 8.19. The van der Waals surface area contributed by atoms with Gasteiger partial charge in [0.15, 0.2) is 0 Å². The maximum atomic E-state index is 14.0. The van der Waals surface area contributed by atoms with Gasteiger partial charge in [-0.2, -0.15) is 5.26 Å². The van der Waals surface area contributed by atoms with Crippen molar-refractivity contribution in [1.29, 1.82) is 5.26 Å². The number of carbonyl (C=O) groups is 2. The SMILES string of the molecule is N#Cc1ccc(C(=O)N2CCC(N3CCN(c4ncc(C(=O)NCc5ccc(Cl)cc5F)cc4Cl)CC3)CC2)cc1.[HH]. The summed E-state index contributed by atoms with van der Waals surface area (Å²) < 4.78 is 14.0. The van der Waals surface area contributed by atoms with E-state index in [0.29, 0.717) is 57.2 Å². The Morgan fingerprint density at radius 3 is 2.34 bits per heavy atom. The van der Waals surface area contributed by atoms with Gasteiger partial charge in [0.05, 0.1) is 22.2 Å². The Morgan fingerprint density at radius 2 is 1.71 bits per heavy atom. The summed E-state index contributed by atoms with van der Waals surface area (Å²) in [7, 11) is 0. The standard InChI is InChI=1S/C30H29Cl2FN6O2.H2/c31-24-6-5-22(27(33)16-24)18-36-29(40)23-15-26(32)28(35-19-23)38-13-11-37(12-14-38)25-7-9-39(10-8-25)30(41)21-3-1-20(17-34)2-4-21;/h1-6,15-16,19,25H,7-14,18H2,(H,36,40);1H. The van der Waals surface area contributed by atoms with Crippen LogP contribution in [0.2, 0.25) is 10.0 Å². The number of nitrogens with zero attached hydrogens (tertiary/aromatic N) is 5. The zero-order valence-corrected chi connectivity index (χ0v) is 23.8. The summed E-state index contributed by atoms with van der Waals surface area (Å²) in [6, 6.07) is 15.2. The molecule has 0 unspecified atom stereocenters. The predicted molar refractivity (Wildman–Crippen MR) is 158 cm³/mol. The minimum atomic E-state index is -0.481. The largest absolute Gasteiger partial charge is 0.353 e. The Kier molecular flexibility index (Phi) is 9.03. The summed E-state index contributed by atoms with van der Waals surface area (Å²) in [4.78, 5) is 36.4. The number of amides is 2. The monoisotopic (exact) mass is 596 g/mol. The molecule has 41 heavy (non-hydrogen) atoms. The zero-order chi connectivity index (χ0) is 28.9. The number of likely N-dealkylation sites (tertiary alicyclic amines) is 1. The first-order chi connectivity index (χ1) is 19.8. The zero-order valence-electron chi connectivity index (χ0n) is 22.3. The molecular weight excluding hydrogens is 566 g/mol. The van der Waals surface area contributed by atoms with E-state index in [1.165, 1.54) is 18.3 Å². The molecule has 0 spiro atoms. The van der Waals surface area contributed by atoms with E-state index in [1.807, 2.05) is 4.90 Å². The summed E-state index contributed by atoms with van der Waals surface area (Å²) in [5.41, 5.74) is 1.79. The van der Waals surface area contributed by atoms with Gasteiger partial charge in [0.25, 0.3) is 11.8 Å². The van der Waals surface area contributed by atoms with Crippen LogP contribution < -0.4 is 10.2 Å². The van der Waals surface area contributed by atoms with E-state index >= 15 is 0 Å². The van der Waals surface area contributed by atoms with Gasteiger partial charge in [0, 0.05) is 75.6 Å². The van der Waals surface area contributed by atoms with Gasteiger partial charge in [-0.05, 0) is 55.3 Å². The van der Waals surface area contributed by atoms with Crippen molar-refractivity contribution in [2.24, 2.45) is 0 Å². The number of aromatic nitrogens is 1. The molecule has 2 aromatic carbocycles. The molecule has 1 aromatic heterocycles. The molecule has 11 heteroatoms. The van der Waals surface area contributed by atoms with Crippen molar-refractivity contribution in [2.75, 3.05) is 44.2 Å². The van der Waals surface area contributed by atoms with Crippen molar-refractivity contribution in [1.82, 2.24) is 20.1 Å². The van der Waals surface area contributed by atoms with E-state index in [0.717, 1.165) is 39.0 Å². The molecule has 3 aromatic rings. The summed E-state index contributed by atoms with van der Waals surface area (Å²) in [6.07, 6.45) is 3.30. The van der Waals surface area contributed by atoms with Crippen LogP contribution in [0, 0.1) is 17.1 Å². The molecule has 214 valence electrons. The Balaban J connectivity index is 0.00000405. The number of nitriles is 1. The molecule has 0 saturated carbocycles. The summed E-state index contributed by atoms with van der Waals surface area (Å²) in [5, 5.41) is 12.3. The lowest BCUT2D eigenvalue weighted by molar-refractivity contribution is 0.0610. The van der Waals surface area contributed by atoms with Gasteiger partial charge in [0.2, 0.25) is 0 Å². The number of benzene rings is 2. The number of anilines is 1. The normalized spacial score (nSPS) is 16.3. The van der Waals surface area contributed by atoms with Crippen molar-refractivity contribution < 1.29 is 15.4 Å². The number of hydrogen-bond donors (Lipinski definition) is 1. The van der Waals surface area contributed by atoms with E-state index in [2.05, 4.69) is 26.2 Å². The minimum absolute atomic E-state index is 0. The summed E-state index contributed by atoms with van der Waals surface area (Å²) >= 11 is 12.3. The summed E-state index contributed by atoms with van der Waals surface area (Å²) in [5.74, 6) is -0.234. The van der Waals surface area contributed by atoms with Gasteiger partial charge < -0.3 is 15.1 Å². The number of nitrogens with one attached hydrogen (secondary N) is 1. The fraction of sp³-hybridized carbons (Fsp3) is 0.333. The maximum absolute atomic E-state index is 14.0. The lowest BCUT2D eigenvalue weighted by Crippen LogP contribution is -2.54. The number of piperazine rings is 1. The topological polar surface area (TPSA) is 92.6 Å². The van der Waals surface area contributed by atoms with Crippen LogP contribution in [0.3, 0.4) is 0 Å². The number of rotatable bonds is 6. The van der Waals surface area contributed by atoms with Crippen molar-refractivity contribution in [3.63, 3.8) is 0 Å². The van der Waals surface area contributed by atoms with Crippen molar-refractivity contribution in [3.05, 3.63) is 92.8 Å². The van der Waals surface area contributed by atoms with Gasteiger partial charge in [-0.3, -0.25) is 14.5 Å². The van der Waals surface area contributed by atoms with E-state index in [-0.39, 0.29) is 13.9 Å². The number of carbonyl (C=O) groups excluding carboxylic acids is 2. The van der Waals surface area contributed by atoms with Gasteiger partial charge in [-0.25, -0.2) is 9.37 Å². The molecule has 5 rings (SSSR count). The van der Waals surface area contributed by atoms with E-state index < -0.39 is 11.7 Å². The van der Waals surface area contributed by atoms with Crippen LogP contribution in [0.5, 0.6) is 0 Å². The maximum Gasteiger partial charge on any atom is 0.253 e. The lowest BCUT2D eigenvalue weighted by Gasteiger charge is -2.43. The van der Waals surface area contributed by atoms with Crippen LogP contribution in [0.1, 0.15) is 46.1 Å². The van der Waals surface area contributed by atoms with Crippen LogP contribution >= 0.6 is 23.2 Å². The molecule has 0 bridgehead atoms. The molecular formula is C30H31Cl2FN6O2. The summed E-state index contributed by atoms with van der Waals surface area (Å²) in [6.45, 7) is 4.61. The van der Waals surface area contributed by atoms with Crippen LogP contribution in [-0.2, 0) is 6.54 Å². The fourth-order valence-corrected chi connectivity index (χ4v) is 5.78. The molecule has 2 amide bonds. The molecule has 0 atom stereocenters. The number of hydrogen-bond acceptors (Lipinski definition) is 6. The number of piperidine rings is 1. The van der Waals surface area contributed by atoms with Crippen LogP contribution in [0.15, 0.2) is 54.7 Å². The van der Waals surface area contributed by atoms with Gasteiger partial charge >= 0.3 is 0 Å². The number of pyridine rings is 1. The van der Waals surface area contributed by atoms with Crippen molar-refractivity contribution >= 4 is 40.8 Å². The first-order valence-electron chi connectivity index (χ1n) is 13.5. The first kappa shape index (κ1) is 28.8. The molecule has 1 N–H and O–H groups in total. The molecule has 0 radical (unpaired) electrons. The third kappa shape index (κ3) is 6.79. The Morgan fingerprint density at radius 1 is 1.00 bits per heavy atom. The molecule has 2 saturated heterocycles. The molecule has 2 aliphatic heterocycles.